The van der Waals surface area contributed by atoms with Crippen molar-refractivity contribution < 1.29 is 23.8 Å². The van der Waals surface area contributed by atoms with Crippen LogP contribution in [0.3, 0.4) is 0 Å². The molecule has 0 heterocycles. The van der Waals surface area contributed by atoms with Gasteiger partial charge < -0.3 is 14.2 Å². The molecule has 0 radical (unpaired) electrons. The van der Waals surface area contributed by atoms with Crippen LogP contribution in [0.1, 0.15) is 18.9 Å². The van der Waals surface area contributed by atoms with E-state index in [0.717, 1.165) is 4.47 Å². The van der Waals surface area contributed by atoms with Crippen LogP contribution in [0.2, 0.25) is 0 Å². The van der Waals surface area contributed by atoms with Crippen LogP contribution in [0.5, 0.6) is 5.75 Å². The van der Waals surface area contributed by atoms with Crippen molar-refractivity contribution in [3.05, 3.63) is 34.3 Å². The minimum Gasteiger partial charge on any atom is -0.496 e. The summed E-state index contributed by atoms with van der Waals surface area (Å²) in [5.74, 6) is -0.0691. The zero-order valence-electron chi connectivity index (χ0n) is 12.1. The van der Waals surface area contributed by atoms with E-state index in [1.807, 2.05) is 6.07 Å². The predicted octanol–water partition coefficient (Wildman–Crippen LogP) is 2.97. The molecule has 0 saturated carbocycles. The number of hydrogen-bond acceptors (Lipinski definition) is 5. The van der Waals surface area contributed by atoms with Crippen molar-refractivity contribution in [2.75, 3.05) is 20.8 Å². The summed E-state index contributed by atoms with van der Waals surface area (Å²) in [6.45, 7) is 1.93. The Labute approximate surface area is 132 Å². The van der Waals surface area contributed by atoms with E-state index in [1.165, 1.54) is 20.3 Å². The lowest BCUT2D eigenvalue weighted by Gasteiger charge is -2.11. The van der Waals surface area contributed by atoms with Gasteiger partial charge in [0.2, 0.25) is 0 Å². The first-order valence-electron chi connectivity index (χ1n) is 6.29. The van der Waals surface area contributed by atoms with Gasteiger partial charge in [-0.1, -0.05) is 15.9 Å². The molecule has 0 aliphatic rings. The number of esters is 1. The maximum atomic E-state index is 11.8. The molecule has 0 aromatic heterocycles. The number of benzene rings is 1. The Kier molecular flexibility index (Phi) is 6.94. The van der Waals surface area contributed by atoms with Crippen LogP contribution in [-0.4, -0.2) is 32.6 Å². The van der Waals surface area contributed by atoms with Crippen LogP contribution in [0.4, 0.5) is 0 Å². The highest BCUT2D eigenvalue weighted by molar-refractivity contribution is 9.10. The number of allylic oxidation sites excluding steroid dienone is 1. The quantitative estimate of drug-likeness (QED) is 0.325. The second-order valence-electron chi connectivity index (χ2n) is 4.01. The van der Waals surface area contributed by atoms with Gasteiger partial charge in [-0.05, 0) is 25.1 Å². The van der Waals surface area contributed by atoms with Crippen molar-refractivity contribution in [3.63, 3.8) is 0 Å². The fourth-order valence-corrected chi connectivity index (χ4v) is 2.03. The van der Waals surface area contributed by atoms with Gasteiger partial charge in [0.05, 0.1) is 26.4 Å². The summed E-state index contributed by atoms with van der Waals surface area (Å²) < 4.78 is 16.0. The highest BCUT2D eigenvalue weighted by atomic mass is 79.9. The summed E-state index contributed by atoms with van der Waals surface area (Å²) in [6.07, 6.45) is 0.943. The highest BCUT2D eigenvalue weighted by Crippen LogP contribution is 2.29. The number of carbonyl (C=O) groups is 2. The van der Waals surface area contributed by atoms with E-state index in [1.54, 1.807) is 19.1 Å². The van der Waals surface area contributed by atoms with Crippen LogP contribution in [0.25, 0.3) is 5.76 Å². The molecule has 0 aliphatic heterocycles. The average molecular weight is 357 g/mol. The minimum atomic E-state index is -0.560. The molecule has 0 atom stereocenters. The van der Waals surface area contributed by atoms with Crippen molar-refractivity contribution in [1.82, 2.24) is 0 Å². The Balaban J connectivity index is 3.01. The molecular formula is C15H17BrO5. The van der Waals surface area contributed by atoms with Gasteiger partial charge in [-0.15, -0.1) is 0 Å². The molecule has 0 N–H and O–H groups in total. The van der Waals surface area contributed by atoms with Crippen LogP contribution in [0, 0.1) is 0 Å². The fourth-order valence-electron chi connectivity index (χ4n) is 1.67. The third kappa shape index (κ3) is 5.23. The van der Waals surface area contributed by atoms with Crippen LogP contribution in [0.15, 0.2) is 28.7 Å². The van der Waals surface area contributed by atoms with Gasteiger partial charge in [0, 0.05) is 10.5 Å². The van der Waals surface area contributed by atoms with Gasteiger partial charge in [-0.2, -0.15) is 0 Å². The first-order valence-corrected chi connectivity index (χ1v) is 7.09. The van der Waals surface area contributed by atoms with E-state index in [9.17, 15) is 9.59 Å². The standard InChI is InChI=1S/C15H17BrO5/c1-4-21-15(18)9-11(17)8-14(20-3)12-7-10(16)5-6-13(12)19-2/h5-8H,4,9H2,1-3H3. The molecule has 0 saturated heterocycles. The molecule has 0 spiro atoms. The predicted molar refractivity (Wildman–Crippen MR) is 81.9 cm³/mol. The second-order valence-corrected chi connectivity index (χ2v) is 4.92. The lowest BCUT2D eigenvalue weighted by atomic mass is 10.1. The maximum absolute atomic E-state index is 11.8. The van der Waals surface area contributed by atoms with Crippen LogP contribution >= 0.6 is 15.9 Å². The summed E-state index contributed by atoms with van der Waals surface area (Å²) in [7, 11) is 2.98. The number of rotatable bonds is 7. The number of ether oxygens (including phenoxy) is 3. The molecule has 21 heavy (non-hydrogen) atoms. The summed E-state index contributed by atoms with van der Waals surface area (Å²) in [6, 6.07) is 5.34. The van der Waals surface area contributed by atoms with Crippen LogP contribution < -0.4 is 4.74 Å². The van der Waals surface area contributed by atoms with Crippen molar-refractivity contribution >= 4 is 33.4 Å². The Bertz CT molecular complexity index is 551. The van der Waals surface area contributed by atoms with Crippen molar-refractivity contribution in [2.24, 2.45) is 0 Å². The van der Waals surface area contributed by atoms with E-state index in [-0.39, 0.29) is 13.0 Å². The van der Waals surface area contributed by atoms with Crippen molar-refractivity contribution in [3.8, 4) is 5.75 Å². The summed E-state index contributed by atoms with van der Waals surface area (Å²) in [4.78, 5) is 23.1. The monoisotopic (exact) mass is 356 g/mol. The molecule has 0 fully saturated rings. The van der Waals surface area contributed by atoms with Crippen LogP contribution in [-0.2, 0) is 19.1 Å². The molecular weight excluding hydrogens is 340 g/mol. The molecule has 1 aromatic rings. The number of methoxy groups -OCH3 is 2. The van der Waals surface area contributed by atoms with Gasteiger partial charge in [-0.3, -0.25) is 9.59 Å². The normalized spacial score (nSPS) is 11.0. The lowest BCUT2D eigenvalue weighted by molar-refractivity contribution is -0.144. The first-order chi connectivity index (χ1) is 10.0. The molecule has 114 valence electrons. The van der Waals surface area contributed by atoms with E-state index in [2.05, 4.69) is 15.9 Å². The topological polar surface area (TPSA) is 61.8 Å². The highest BCUT2D eigenvalue weighted by Gasteiger charge is 2.14. The molecule has 0 aliphatic carbocycles. The third-order valence-corrected chi connectivity index (χ3v) is 3.06. The fraction of sp³-hybridized carbons (Fsp3) is 0.333. The van der Waals surface area contributed by atoms with Gasteiger partial charge in [0.1, 0.15) is 17.9 Å². The molecule has 0 amide bonds. The largest absolute Gasteiger partial charge is 0.496 e. The Morgan fingerprint density at radius 3 is 2.57 bits per heavy atom. The smallest absolute Gasteiger partial charge is 0.313 e. The summed E-state index contributed by atoms with van der Waals surface area (Å²) in [5.41, 5.74) is 0.617. The minimum absolute atomic E-state index is 0.242. The van der Waals surface area contributed by atoms with E-state index < -0.39 is 11.8 Å². The van der Waals surface area contributed by atoms with Gasteiger partial charge in [0.15, 0.2) is 5.78 Å². The SMILES string of the molecule is CCOC(=O)CC(=O)C=C(OC)c1cc(Br)ccc1OC. The van der Waals surface area contributed by atoms with Crippen molar-refractivity contribution in [2.45, 2.75) is 13.3 Å². The lowest BCUT2D eigenvalue weighted by Crippen LogP contribution is -2.10. The average Bonchev–Trinajstić information content (AvgIpc) is 2.44. The molecule has 1 aromatic carbocycles. The molecule has 6 heteroatoms. The number of ketones is 1. The van der Waals surface area contributed by atoms with Gasteiger partial charge in [-0.25, -0.2) is 0 Å². The van der Waals surface area contributed by atoms with Crippen molar-refractivity contribution in [1.29, 1.82) is 0 Å². The second kappa shape index (κ2) is 8.46. The van der Waals surface area contributed by atoms with E-state index in [4.69, 9.17) is 14.2 Å². The number of hydrogen-bond donors (Lipinski definition) is 0. The van der Waals surface area contributed by atoms with E-state index in [0.29, 0.717) is 17.1 Å². The number of carbonyl (C=O) groups excluding carboxylic acids is 2. The molecule has 0 unspecified atom stereocenters. The number of halogens is 1. The maximum Gasteiger partial charge on any atom is 0.313 e. The molecule has 1 rings (SSSR count). The first kappa shape index (κ1) is 17.2. The van der Waals surface area contributed by atoms with E-state index >= 15 is 0 Å². The van der Waals surface area contributed by atoms with Gasteiger partial charge in [0.25, 0.3) is 0 Å². The zero-order valence-corrected chi connectivity index (χ0v) is 13.7. The zero-order chi connectivity index (χ0) is 15.8. The Hall–Kier alpha value is -1.82. The summed E-state index contributed by atoms with van der Waals surface area (Å²) >= 11 is 3.35. The molecule has 5 nitrogen and oxygen atoms in total. The molecule has 0 bridgehead atoms. The summed E-state index contributed by atoms with van der Waals surface area (Å²) in [5, 5.41) is 0. The van der Waals surface area contributed by atoms with Gasteiger partial charge >= 0.3 is 5.97 Å². The third-order valence-electron chi connectivity index (χ3n) is 2.56. The Morgan fingerprint density at radius 1 is 1.29 bits per heavy atom. The Morgan fingerprint density at radius 2 is 2.00 bits per heavy atom.